The van der Waals surface area contributed by atoms with Crippen LogP contribution in [0, 0.1) is 22.2 Å². The Balaban J connectivity index is 0.000000659. The molecule has 0 aromatic heterocycles. The van der Waals surface area contributed by atoms with Crippen LogP contribution in [-0.2, 0) is 19.1 Å². The smallest absolute Gasteiger partial charge is 0.290 e. The van der Waals surface area contributed by atoms with Crippen molar-refractivity contribution in [3.05, 3.63) is 16.6 Å². The number of nitroso groups, excluding NO2 is 1. The highest BCUT2D eigenvalue weighted by Crippen LogP contribution is 2.64. The van der Waals surface area contributed by atoms with Crippen LogP contribution in [0.15, 0.2) is 16.8 Å². The van der Waals surface area contributed by atoms with E-state index in [0.717, 1.165) is 12.0 Å². The molecule has 1 saturated heterocycles. The van der Waals surface area contributed by atoms with Gasteiger partial charge in [0.05, 0.1) is 23.2 Å². The van der Waals surface area contributed by atoms with Crippen LogP contribution in [-0.4, -0.2) is 46.9 Å². The summed E-state index contributed by atoms with van der Waals surface area (Å²) in [5.41, 5.74) is 5.36. The number of carbonyl (C=O) groups is 3. The SMILES string of the molecule is CC[C@@]12CC(N=O)[C@]3(N)C4CC(=O)C=C(C)[C@@H]4CC(=O)C3(CO1)C2.O=CO. The molecule has 0 radical (unpaired) electrons. The molecule has 3 unspecified atom stereocenters. The molecule has 1 aliphatic heterocycles. The second kappa shape index (κ2) is 6.60. The average Bonchev–Trinajstić information content (AvgIpc) is 2.97. The third-order valence-corrected chi connectivity index (χ3v) is 7.40. The normalized spacial score (nSPS) is 45.0. The Morgan fingerprint density at radius 3 is 2.67 bits per heavy atom. The van der Waals surface area contributed by atoms with Gasteiger partial charge in [-0.05, 0) is 37.7 Å². The Hall–Kier alpha value is -1.93. The molecule has 1 spiro atoms. The van der Waals surface area contributed by atoms with Gasteiger partial charge in [0.1, 0.15) is 11.8 Å². The van der Waals surface area contributed by atoms with E-state index in [0.29, 0.717) is 25.7 Å². The number of carbonyl (C=O) groups excluding carboxylic acids is 2. The molecule has 4 aliphatic rings. The Kier molecular flexibility index (Phi) is 4.84. The quantitative estimate of drug-likeness (QED) is 0.550. The molecular formula is C19H26N2O6. The summed E-state index contributed by atoms with van der Waals surface area (Å²) in [6.07, 6.45) is 4.03. The van der Waals surface area contributed by atoms with Crippen LogP contribution >= 0.6 is 0 Å². The number of nitrogens with zero attached hydrogens (tertiary/aromatic N) is 1. The molecule has 3 aliphatic carbocycles. The van der Waals surface area contributed by atoms with E-state index in [2.05, 4.69) is 5.18 Å². The summed E-state index contributed by atoms with van der Waals surface area (Å²) in [5, 5.41) is 10.3. The van der Waals surface area contributed by atoms with Crippen LogP contribution in [0.2, 0.25) is 0 Å². The molecular weight excluding hydrogens is 352 g/mol. The molecule has 8 heteroatoms. The van der Waals surface area contributed by atoms with Crippen molar-refractivity contribution in [3.63, 3.8) is 0 Å². The highest BCUT2D eigenvalue weighted by molar-refractivity contribution is 5.95. The van der Waals surface area contributed by atoms with Gasteiger partial charge in [-0.1, -0.05) is 17.7 Å². The molecule has 148 valence electrons. The number of ether oxygens (including phenoxy) is 1. The molecule has 0 aromatic rings. The molecule has 0 amide bonds. The largest absolute Gasteiger partial charge is 0.483 e. The van der Waals surface area contributed by atoms with Crippen LogP contribution in [0.1, 0.15) is 46.0 Å². The van der Waals surface area contributed by atoms with Crippen LogP contribution in [0.25, 0.3) is 0 Å². The van der Waals surface area contributed by atoms with Gasteiger partial charge in [0.2, 0.25) is 0 Å². The minimum atomic E-state index is -1.09. The molecule has 8 nitrogen and oxygen atoms in total. The number of fused-ring (bicyclic) bond motifs is 3. The highest BCUT2D eigenvalue weighted by Gasteiger charge is 2.74. The van der Waals surface area contributed by atoms with Gasteiger partial charge in [0.25, 0.3) is 6.47 Å². The number of rotatable bonds is 2. The lowest BCUT2D eigenvalue weighted by Gasteiger charge is -2.60. The Bertz CT molecular complexity index is 721. The molecule has 6 atom stereocenters. The van der Waals surface area contributed by atoms with Crippen molar-refractivity contribution in [3.8, 4) is 0 Å². The number of nitrogens with two attached hydrogens (primary N) is 1. The summed E-state index contributed by atoms with van der Waals surface area (Å²) in [5.74, 6) is -0.173. The summed E-state index contributed by atoms with van der Waals surface area (Å²) in [6, 6.07) is -0.691. The van der Waals surface area contributed by atoms with Crippen molar-refractivity contribution in [2.45, 2.75) is 63.1 Å². The Morgan fingerprint density at radius 1 is 1.41 bits per heavy atom. The maximum Gasteiger partial charge on any atom is 0.290 e. The first-order valence-electron chi connectivity index (χ1n) is 9.31. The molecule has 3 fully saturated rings. The number of carboxylic acid groups (broad SMARTS) is 1. The van der Waals surface area contributed by atoms with Crippen molar-refractivity contribution < 1.29 is 24.2 Å². The molecule has 2 saturated carbocycles. The number of allylic oxidation sites excluding steroid dienone is 2. The lowest BCUT2D eigenvalue weighted by Crippen LogP contribution is -2.76. The first-order chi connectivity index (χ1) is 12.7. The number of Topliss-reactive ketones (excluding diaryl/α,β-unsaturated/α-hetero) is 1. The van der Waals surface area contributed by atoms with E-state index in [1.54, 1.807) is 6.08 Å². The second-order valence-electron chi connectivity index (χ2n) is 8.35. The van der Waals surface area contributed by atoms with Gasteiger partial charge in [0.15, 0.2) is 5.78 Å². The van der Waals surface area contributed by atoms with E-state index >= 15 is 0 Å². The van der Waals surface area contributed by atoms with Crippen molar-refractivity contribution in [2.75, 3.05) is 6.61 Å². The van der Waals surface area contributed by atoms with E-state index in [1.807, 2.05) is 13.8 Å². The van der Waals surface area contributed by atoms with E-state index in [-0.39, 0.29) is 36.5 Å². The van der Waals surface area contributed by atoms with E-state index in [9.17, 15) is 14.5 Å². The predicted octanol–water partition coefficient (Wildman–Crippen LogP) is 1.60. The average molecular weight is 378 g/mol. The third-order valence-electron chi connectivity index (χ3n) is 7.40. The third kappa shape index (κ3) is 2.53. The van der Waals surface area contributed by atoms with Crippen molar-refractivity contribution in [1.29, 1.82) is 0 Å². The minimum Gasteiger partial charge on any atom is -0.483 e. The monoisotopic (exact) mass is 378 g/mol. The molecule has 4 rings (SSSR count). The van der Waals surface area contributed by atoms with Crippen LogP contribution < -0.4 is 5.73 Å². The summed E-state index contributed by atoms with van der Waals surface area (Å²) in [4.78, 5) is 45.5. The van der Waals surface area contributed by atoms with E-state index < -0.39 is 22.6 Å². The molecule has 27 heavy (non-hydrogen) atoms. The fourth-order valence-corrected chi connectivity index (χ4v) is 5.99. The Morgan fingerprint density at radius 2 is 2.07 bits per heavy atom. The molecule has 1 heterocycles. The predicted molar refractivity (Wildman–Crippen MR) is 95.8 cm³/mol. The summed E-state index contributed by atoms with van der Waals surface area (Å²) in [7, 11) is 0. The lowest BCUT2D eigenvalue weighted by molar-refractivity contribution is -0.149. The van der Waals surface area contributed by atoms with Gasteiger partial charge in [-0.3, -0.25) is 14.4 Å². The van der Waals surface area contributed by atoms with Crippen molar-refractivity contribution in [1.82, 2.24) is 0 Å². The zero-order valence-electron chi connectivity index (χ0n) is 15.6. The topological polar surface area (TPSA) is 136 Å². The van der Waals surface area contributed by atoms with Crippen LogP contribution in [0.4, 0.5) is 0 Å². The van der Waals surface area contributed by atoms with E-state index in [1.165, 1.54) is 0 Å². The standard InChI is InChI=1S/C18H24N2O4.CH2O2/c1-3-16-7-14(20-23)18(19)13-5-11(21)4-10(2)12(13)6-15(22)17(18,8-16)9-24-16;2-1-3/h4,12-14H,3,5-9,19H2,1-2H3;1H,(H,2,3)/t12-,13?,14?,16-,17?,18+;/m0./s1. The van der Waals surface area contributed by atoms with Crippen LogP contribution in [0.3, 0.4) is 0 Å². The number of hydrogen-bond acceptors (Lipinski definition) is 7. The van der Waals surface area contributed by atoms with E-state index in [4.69, 9.17) is 20.4 Å². The first-order valence-corrected chi connectivity index (χ1v) is 9.31. The fraction of sp³-hybridized carbons (Fsp3) is 0.737. The van der Waals surface area contributed by atoms with Gasteiger partial charge < -0.3 is 15.6 Å². The highest BCUT2D eigenvalue weighted by atomic mass is 16.5. The summed E-state index contributed by atoms with van der Waals surface area (Å²) in [6.45, 7) is 3.90. The van der Waals surface area contributed by atoms with Gasteiger partial charge in [-0.2, -0.15) is 4.91 Å². The summed E-state index contributed by atoms with van der Waals surface area (Å²) < 4.78 is 6.08. The van der Waals surface area contributed by atoms with Crippen molar-refractivity contribution in [2.24, 2.45) is 28.2 Å². The van der Waals surface area contributed by atoms with Gasteiger partial charge in [0, 0.05) is 19.3 Å². The van der Waals surface area contributed by atoms with Crippen molar-refractivity contribution >= 4 is 18.0 Å². The van der Waals surface area contributed by atoms with Gasteiger partial charge >= 0.3 is 0 Å². The van der Waals surface area contributed by atoms with Gasteiger partial charge in [-0.25, -0.2) is 0 Å². The zero-order chi connectivity index (χ0) is 20.0. The minimum absolute atomic E-state index is 0.0268. The molecule has 2 bridgehead atoms. The summed E-state index contributed by atoms with van der Waals surface area (Å²) >= 11 is 0. The fourth-order valence-electron chi connectivity index (χ4n) is 5.99. The molecule has 0 aromatic carbocycles. The number of hydrogen-bond donors (Lipinski definition) is 2. The lowest BCUT2D eigenvalue weighted by atomic mass is 9.44. The zero-order valence-corrected chi connectivity index (χ0v) is 15.6. The molecule has 3 N–H and O–H groups in total. The maximum atomic E-state index is 13.2. The van der Waals surface area contributed by atoms with Crippen LogP contribution in [0.5, 0.6) is 0 Å². The second-order valence-corrected chi connectivity index (χ2v) is 8.35. The first kappa shape index (κ1) is 19.8. The number of ketones is 2. The maximum absolute atomic E-state index is 13.2. The van der Waals surface area contributed by atoms with Gasteiger partial charge in [-0.15, -0.1) is 0 Å². The Labute approximate surface area is 157 Å².